The highest BCUT2D eigenvalue weighted by Gasteiger charge is 2.39. The second-order valence-electron chi connectivity index (χ2n) is 7.62. The number of Topliss-reactive ketones (excluding diaryl/α,β-unsaturated/α-hetero) is 1. The van der Waals surface area contributed by atoms with Crippen molar-refractivity contribution < 1.29 is 13.2 Å². The Morgan fingerprint density at radius 2 is 1.88 bits per heavy atom. The minimum Gasteiger partial charge on any atom is -0.298 e. The molecule has 24 heavy (non-hydrogen) atoms. The van der Waals surface area contributed by atoms with Crippen LogP contribution < -0.4 is 0 Å². The van der Waals surface area contributed by atoms with Gasteiger partial charge in [0, 0.05) is 12.2 Å². The van der Waals surface area contributed by atoms with Crippen molar-refractivity contribution in [1.29, 1.82) is 0 Å². The van der Waals surface area contributed by atoms with Crippen LogP contribution in [0.1, 0.15) is 58.4 Å². The zero-order valence-electron chi connectivity index (χ0n) is 14.9. The Morgan fingerprint density at radius 1 is 1.29 bits per heavy atom. The minimum absolute atomic E-state index is 0.0789. The Bertz CT molecular complexity index is 718. The van der Waals surface area contributed by atoms with Gasteiger partial charge < -0.3 is 0 Å². The average Bonchev–Trinajstić information content (AvgIpc) is 2.97. The molecule has 1 aromatic rings. The molecule has 0 heterocycles. The second kappa shape index (κ2) is 7.17. The van der Waals surface area contributed by atoms with Crippen molar-refractivity contribution in [2.75, 3.05) is 6.26 Å². The lowest BCUT2D eigenvalue weighted by molar-refractivity contribution is -0.127. The standard InChI is InChI=1S/C19H27ClO3S/c1-13(2)18(21)19(3,12-14-7-5-6-8-14)15-9-10-17(16(20)11-15)24(4,22)23/h9-11,13-14H,5-8,12H2,1-4H3/t19-/m1/s1. The fourth-order valence-electron chi connectivity index (χ4n) is 3.93. The molecular weight excluding hydrogens is 344 g/mol. The summed E-state index contributed by atoms with van der Waals surface area (Å²) in [5.41, 5.74) is 0.202. The Balaban J connectivity index is 2.47. The quantitative estimate of drug-likeness (QED) is 0.722. The van der Waals surface area contributed by atoms with Crippen LogP contribution in [0, 0.1) is 11.8 Å². The smallest absolute Gasteiger partial charge is 0.176 e. The molecule has 3 nitrogen and oxygen atoms in total. The summed E-state index contributed by atoms with van der Waals surface area (Å²) in [6.07, 6.45) is 6.73. The summed E-state index contributed by atoms with van der Waals surface area (Å²) >= 11 is 6.23. The van der Waals surface area contributed by atoms with Gasteiger partial charge in [0.15, 0.2) is 9.84 Å². The van der Waals surface area contributed by atoms with Crippen molar-refractivity contribution >= 4 is 27.2 Å². The molecule has 0 bridgehead atoms. The van der Waals surface area contributed by atoms with E-state index in [4.69, 9.17) is 11.6 Å². The third-order valence-corrected chi connectivity index (χ3v) is 6.79. The molecule has 1 aliphatic rings. The topological polar surface area (TPSA) is 51.2 Å². The van der Waals surface area contributed by atoms with Crippen LogP contribution >= 0.6 is 11.6 Å². The van der Waals surface area contributed by atoms with Gasteiger partial charge in [0.1, 0.15) is 5.78 Å². The lowest BCUT2D eigenvalue weighted by Crippen LogP contribution is -2.37. The summed E-state index contributed by atoms with van der Waals surface area (Å²) in [5.74, 6) is 0.661. The van der Waals surface area contributed by atoms with E-state index in [1.54, 1.807) is 12.1 Å². The van der Waals surface area contributed by atoms with E-state index in [0.717, 1.165) is 31.1 Å². The first-order chi connectivity index (χ1) is 11.1. The molecule has 0 aliphatic heterocycles. The van der Waals surface area contributed by atoms with Crippen LogP contribution in [0.25, 0.3) is 0 Å². The highest BCUT2D eigenvalue weighted by atomic mass is 35.5. The lowest BCUT2D eigenvalue weighted by Gasteiger charge is -2.33. The minimum atomic E-state index is -3.37. The average molecular weight is 371 g/mol. The number of rotatable bonds is 6. The molecule has 1 fully saturated rings. The van der Waals surface area contributed by atoms with Gasteiger partial charge in [0.05, 0.1) is 15.3 Å². The van der Waals surface area contributed by atoms with E-state index < -0.39 is 15.3 Å². The maximum Gasteiger partial charge on any atom is 0.176 e. The Morgan fingerprint density at radius 3 is 2.33 bits per heavy atom. The first-order valence-electron chi connectivity index (χ1n) is 8.60. The Labute approximate surface area is 150 Å². The molecule has 0 amide bonds. The van der Waals surface area contributed by atoms with Gasteiger partial charge in [0.25, 0.3) is 0 Å². The Kier molecular flexibility index (Phi) is 5.81. The van der Waals surface area contributed by atoms with Crippen LogP contribution in [-0.2, 0) is 20.0 Å². The van der Waals surface area contributed by atoms with Gasteiger partial charge in [-0.15, -0.1) is 0 Å². The monoisotopic (exact) mass is 370 g/mol. The fraction of sp³-hybridized carbons (Fsp3) is 0.632. The summed E-state index contributed by atoms with van der Waals surface area (Å²) in [7, 11) is -3.37. The summed E-state index contributed by atoms with van der Waals surface area (Å²) in [5, 5.41) is 0.198. The number of benzene rings is 1. The van der Waals surface area contributed by atoms with Crippen LogP contribution in [0.15, 0.2) is 23.1 Å². The van der Waals surface area contributed by atoms with Gasteiger partial charge in [-0.2, -0.15) is 0 Å². The summed E-state index contributed by atoms with van der Waals surface area (Å²) in [4.78, 5) is 13.1. The molecule has 1 atom stereocenters. The molecule has 1 aromatic carbocycles. The van der Waals surface area contributed by atoms with Crippen LogP contribution in [-0.4, -0.2) is 20.5 Å². The van der Waals surface area contributed by atoms with E-state index in [1.165, 1.54) is 18.9 Å². The summed E-state index contributed by atoms with van der Waals surface area (Å²) in [6.45, 7) is 5.82. The maximum atomic E-state index is 13.0. The molecule has 0 radical (unpaired) electrons. The van der Waals surface area contributed by atoms with Crippen molar-refractivity contribution in [3.05, 3.63) is 28.8 Å². The molecule has 1 saturated carbocycles. The molecule has 0 aromatic heterocycles. The zero-order chi connectivity index (χ0) is 18.1. The van der Waals surface area contributed by atoms with Gasteiger partial charge in [-0.1, -0.05) is 57.2 Å². The van der Waals surface area contributed by atoms with Crippen molar-refractivity contribution in [2.45, 2.75) is 63.2 Å². The molecule has 5 heteroatoms. The van der Waals surface area contributed by atoms with E-state index in [2.05, 4.69) is 0 Å². The number of hydrogen-bond donors (Lipinski definition) is 0. The molecule has 2 rings (SSSR count). The van der Waals surface area contributed by atoms with Crippen molar-refractivity contribution in [3.63, 3.8) is 0 Å². The molecule has 0 saturated heterocycles. The van der Waals surface area contributed by atoms with Crippen LogP contribution in [0.5, 0.6) is 0 Å². The molecular formula is C19H27ClO3S. The van der Waals surface area contributed by atoms with E-state index >= 15 is 0 Å². The number of sulfone groups is 1. The molecule has 134 valence electrons. The van der Waals surface area contributed by atoms with E-state index in [1.807, 2.05) is 20.8 Å². The van der Waals surface area contributed by atoms with Gasteiger partial charge in [0.2, 0.25) is 0 Å². The van der Waals surface area contributed by atoms with Crippen LogP contribution in [0.3, 0.4) is 0 Å². The lowest BCUT2D eigenvalue weighted by atomic mass is 9.69. The maximum absolute atomic E-state index is 13.0. The number of halogens is 1. The SMILES string of the molecule is CC(C)C(=O)[C@](C)(CC1CCCC1)c1ccc(S(C)(=O)=O)c(Cl)c1. The number of ketones is 1. The fourth-order valence-corrected chi connectivity index (χ4v) is 5.26. The van der Waals surface area contributed by atoms with Crippen LogP contribution in [0.4, 0.5) is 0 Å². The van der Waals surface area contributed by atoms with E-state index in [0.29, 0.717) is 5.92 Å². The highest BCUT2D eigenvalue weighted by Crippen LogP contribution is 2.41. The van der Waals surface area contributed by atoms with Gasteiger partial charge in [-0.3, -0.25) is 4.79 Å². The zero-order valence-corrected chi connectivity index (χ0v) is 16.5. The molecule has 0 unspecified atom stereocenters. The third kappa shape index (κ3) is 4.02. The van der Waals surface area contributed by atoms with E-state index in [-0.39, 0.29) is 21.6 Å². The van der Waals surface area contributed by atoms with Crippen molar-refractivity contribution in [2.24, 2.45) is 11.8 Å². The third-order valence-electron chi connectivity index (χ3n) is 5.21. The van der Waals surface area contributed by atoms with Crippen LogP contribution in [0.2, 0.25) is 5.02 Å². The Hall–Kier alpha value is -0.870. The normalized spacial score (nSPS) is 18.8. The molecule has 0 N–H and O–H groups in total. The highest BCUT2D eigenvalue weighted by molar-refractivity contribution is 7.90. The number of hydrogen-bond acceptors (Lipinski definition) is 3. The largest absolute Gasteiger partial charge is 0.298 e. The van der Waals surface area contributed by atoms with Crippen molar-refractivity contribution in [3.8, 4) is 0 Å². The second-order valence-corrected chi connectivity index (χ2v) is 10.0. The van der Waals surface area contributed by atoms with Gasteiger partial charge >= 0.3 is 0 Å². The summed E-state index contributed by atoms with van der Waals surface area (Å²) < 4.78 is 23.6. The first kappa shape index (κ1) is 19.5. The number of carbonyl (C=O) groups excluding carboxylic acids is 1. The number of carbonyl (C=O) groups is 1. The van der Waals surface area contributed by atoms with E-state index in [9.17, 15) is 13.2 Å². The van der Waals surface area contributed by atoms with Crippen molar-refractivity contribution in [1.82, 2.24) is 0 Å². The predicted molar refractivity (Wildman–Crippen MR) is 98.3 cm³/mol. The van der Waals surface area contributed by atoms with Gasteiger partial charge in [-0.25, -0.2) is 8.42 Å². The molecule has 1 aliphatic carbocycles. The van der Waals surface area contributed by atoms with Gasteiger partial charge in [-0.05, 0) is 37.0 Å². The molecule has 0 spiro atoms. The first-order valence-corrected chi connectivity index (χ1v) is 10.9. The predicted octanol–water partition coefficient (Wildman–Crippen LogP) is 4.81. The summed E-state index contributed by atoms with van der Waals surface area (Å²) in [6, 6.07) is 4.97.